The van der Waals surface area contributed by atoms with Crippen LogP contribution in [0.3, 0.4) is 0 Å². The first-order chi connectivity index (χ1) is 16.5. The summed E-state index contributed by atoms with van der Waals surface area (Å²) in [6, 6.07) is 15.9. The standard InChI is InChI=1S/C27H29N3O4/c1-4-13-28-26(31)23-16-34-24(29-23)17-33-21-11-10-19-12-14-30(27(32)18(2)3)25(22(19)15-21)20-8-6-5-7-9-20/h4-11,15-16,18,25H,1,12-14,17H2,2-3H3,(H,28,31). The number of nitrogens with one attached hydrogen (secondary N) is 1. The Morgan fingerprint density at radius 2 is 2.06 bits per heavy atom. The number of carbonyl (C=O) groups excluding carboxylic acids is 2. The Bertz CT molecular complexity index is 1170. The van der Waals surface area contributed by atoms with Gasteiger partial charge in [0.2, 0.25) is 11.8 Å². The minimum absolute atomic E-state index is 0.0815. The fraction of sp³-hybridized carbons (Fsp3) is 0.296. The number of amides is 2. The predicted octanol–water partition coefficient (Wildman–Crippen LogP) is 4.30. The number of ether oxygens (including phenoxy) is 1. The van der Waals surface area contributed by atoms with E-state index < -0.39 is 0 Å². The summed E-state index contributed by atoms with van der Waals surface area (Å²) in [7, 11) is 0. The molecule has 2 heterocycles. The van der Waals surface area contributed by atoms with Crippen LogP contribution in [0.15, 0.2) is 71.9 Å². The summed E-state index contributed by atoms with van der Waals surface area (Å²) < 4.78 is 11.3. The molecule has 0 radical (unpaired) electrons. The molecule has 0 spiro atoms. The van der Waals surface area contributed by atoms with Crippen LogP contribution in [0.1, 0.15) is 53.0 Å². The Kier molecular flexibility index (Phi) is 7.11. The highest BCUT2D eigenvalue weighted by atomic mass is 16.5. The Hall–Kier alpha value is -3.87. The maximum atomic E-state index is 13.0. The van der Waals surface area contributed by atoms with E-state index in [0.717, 1.165) is 17.5 Å². The first kappa shape index (κ1) is 23.3. The Morgan fingerprint density at radius 1 is 1.26 bits per heavy atom. The SMILES string of the molecule is C=CCNC(=O)c1coc(COc2ccc3c(c2)C(c2ccccc2)N(C(=O)C(C)C)CC3)n1. The van der Waals surface area contributed by atoms with E-state index in [1.807, 2.05) is 49.1 Å². The second kappa shape index (κ2) is 10.4. The van der Waals surface area contributed by atoms with Crippen molar-refractivity contribution in [1.82, 2.24) is 15.2 Å². The first-order valence-electron chi connectivity index (χ1n) is 11.4. The van der Waals surface area contributed by atoms with Crippen LogP contribution in [0.25, 0.3) is 0 Å². The number of hydrogen-bond acceptors (Lipinski definition) is 5. The van der Waals surface area contributed by atoms with Crippen LogP contribution in [0.4, 0.5) is 0 Å². The van der Waals surface area contributed by atoms with Crippen molar-refractivity contribution in [3.63, 3.8) is 0 Å². The number of fused-ring (bicyclic) bond motifs is 1. The van der Waals surface area contributed by atoms with Gasteiger partial charge in [0, 0.05) is 19.0 Å². The largest absolute Gasteiger partial charge is 0.484 e. The van der Waals surface area contributed by atoms with Gasteiger partial charge in [0.15, 0.2) is 12.3 Å². The molecule has 2 aromatic carbocycles. The number of aromatic nitrogens is 1. The molecule has 0 saturated carbocycles. The smallest absolute Gasteiger partial charge is 0.273 e. The highest BCUT2D eigenvalue weighted by molar-refractivity contribution is 5.91. The van der Waals surface area contributed by atoms with E-state index in [9.17, 15) is 9.59 Å². The zero-order valence-corrected chi connectivity index (χ0v) is 19.5. The number of benzene rings is 2. The van der Waals surface area contributed by atoms with Crippen molar-refractivity contribution in [2.75, 3.05) is 13.1 Å². The number of oxazole rings is 1. The van der Waals surface area contributed by atoms with Crippen molar-refractivity contribution in [3.05, 3.63) is 95.7 Å². The van der Waals surface area contributed by atoms with Crippen LogP contribution in [-0.4, -0.2) is 34.8 Å². The van der Waals surface area contributed by atoms with E-state index in [-0.39, 0.29) is 36.1 Å². The van der Waals surface area contributed by atoms with Gasteiger partial charge in [-0.15, -0.1) is 6.58 Å². The van der Waals surface area contributed by atoms with Gasteiger partial charge < -0.3 is 19.4 Å². The Labute approximate surface area is 199 Å². The molecule has 2 amide bonds. The molecule has 176 valence electrons. The summed E-state index contributed by atoms with van der Waals surface area (Å²) in [5.41, 5.74) is 3.52. The molecule has 34 heavy (non-hydrogen) atoms. The number of nitrogens with zero attached hydrogens (tertiary/aromatic N) is 2. The van der Waals surface area contributed by atoms with E-state index in [1.54, 1.807) is 6.08 Å². The molecule has 4 rings (SSSR count). The highest BCUT2D eigenvalue weighted by Crippen LogP contribution is 2.38. The molecule has 1 unspecified atom stereocenters. The third kappa shape index (κ3) is 5.03. The van der Waals surface area contributed by atoms with Crippen molar-refractivity contribution in [1.29, 1.82) is 0 Å². The van der Waals surface area contributed by atoms with E-state index in [1.165, 1.54) is 11.8 Å². The molecule has 0 bridgehead atoms. The van der Waals surface area contributed by atoms with Crippen molar-refractivity contribution in [2.24, 2.45) is 5.92 Å². The van der Waals surface area contributed by atoms with Gasteiger partial charge >= 0.3 is 0 Å². The first-order valence-corrected chi connectivity index (χ1v) is 11.4. The minimum atomic E-state index is -0.329. The molecular formula is C27H29N3O4. The third-order valence-electron chi connectivity index (χ3n) is 5.79. The van der Waals surface area contributed by atoms with E-state index in [4.69, 9.17) is 9.15 Å². The van der Waals surface area contributed by atoms with Gasteiger partial charge in [-0.05, 0) is 35.2 Å². The summed E-state index contributed by atoms with van der Waals surface area (Å²) in [6.45, 7) is 8.55. The molecule has 3 aromatic rings. The van der Waals surface area contributed by atoms with E-state index >= 15 is 0 Å². The van der Waals surface area contributed by atoms with Crippen LogP contribution in [0.2, 0.25) is 0 Å². The maximum Gasteiger partial charge on any atom is 0.273 e. The molecule has 7 heteroatoms. The zero-order chi connectivity index (χ0) is 24.1. The summed E-state index contributed by atoms with van der Waals surface area (Å²) in [6.07, 6.45) is 3.70. The second-order valence-electron chi connectivity index (χ2n) is 8.52. The van der Waals surface area contributed by atoms with Gasteiger partial charge in [0.25, 0.3) is 5.91 Å². The van der Waals surface area contributed by atoms with Crippen molar-refractivity contribution in [3.8, 4) is 5.75 Å². The van der Waals surface area contributed by atoms with Crippen LogP contribution in [0.5, 0.6) is 5.75 Å². The molecule has 0 aliphatic carbocycles. The van der Waals surface area contributed by atoms with E-state index in [0.29, 0.717) is 24.7 Å². The molecule has 0 fully saturated rings. The van der Waals surface area contributed by atoms with Crippen molar-refractivity contribution < 1.29 is 18.7 Å². The molecule has 7 nitrogen and oxygen atoms in total. The second-order valence-corrected chi connectivity index (χ2v) is 8.52. The van der Waals surface area contributed by atoms with Gasteiger partial charge in [-0.1, -0.05) is 56.3 Å². The van der Waals surface area contributed by atoms with E-state index in [2.05, 4.69) is 35.1 Å². The molecule has 1 N–H and O–H groups in total. The van der Waals surface area contributed by atoms with Gasteiger partial charge in [-0.25, -0.2) is 4.98 Å². The minimum Gasteiger partial charge on any atom is -0.484 e. The van der Waals surface area contributed by atoms with Gasteiger partial charge in [-0.2, -0.15) is 0 Å². The van der Waals surface area contributed by atoms with Gasteiger partial charge in [0.05, 0.1) is 6.04 Å². The van der Waals surface area contributed by atoms with Gasteiger partial charge in [0.1, 0.15) is 12.0 Å². The lowest BCUT2D eigenvalue weighted by Crippen LogP contribution is -2.42. The lowest BCUT2D eigenvalue weighted by Gasteiger charge is -2.39. The fourth-order valence-corrected chi connectivity index (χ4v) is 4.13. The van der Waals surface area contributed by atoms with Crippen molar-refractivity contribution >= 4 is 11.8 Å². The topological polar surface area (TPSA) is 84.7 Å². The number of hydrogen-bond donors (Lipinski definition) is 1. The van der Waals surface area contributed by atoms with Crippen LogP contribution in [-0.2, 0) is 17.8 Å². The van der Waals surface area contributed by atoms with Crippen LogP contribution < -0.4 is 10.1 Å². The fourth-order valence-electron chi connectivity index (χ4n) is 4.13. The van der Waals surface area contributed by atoms with Crippen molar-refractivity contribution in [2.45, 2.75) is 32.9 Å². The molecule has 1 aliphatic heterocycles. The van der Waals surface area contributed by atoms with Crippen LogP contribution >= 0.6 is 0 Å². The zero-order valence-electron chi connectivity index (χ0n) is 19.5. The average molecular weight is 460 g/mol. The summed E-state index contributed by atoms with van der Waals surface area (Å²) in [5, 5.41) is 2.66. The van der Waals surface area contributed by atoms with Gasteiger partial charge in [-0.3, -0.25) is 9.59 Å². The maximum absolute atomic E-state index is 13.0. The number of carbonyl (C=O) groups is 2. The predicted molar refractivity (Wildman–Crippen MR) is 128 cm³/mol. The summed E-state index contributed by atoms with van der Waals surface area (Å²) in [4.78, 5) is 31.2. The molecule has 0 saturated heterocycles. The monoisotopic (exact) mass is 459 g/mol. The molecule has 1 atom stereocenters. The molecule has 1 aromatic heterocycles. The Morgan fingerprint density at radius 3 is 2.79 bits per heavy atom. The lowest BCUT2D eigenvalue weighted by molar-refractivity contribution is -0.136. The highest BCUT2D eigenvalue weighted by Gasteiger charge is 2.33. The average Bonchev–Trinajstić information content (AvgIpc) is 3.34. The third-order valence-corrected chi connectivity index (χ3v) is 5.79. The molecule has 1 aliphatic rings. The normalized spacial score (nSPS) is 15.0. The summed E-state index contributed by atoms with van der Waals surface area (Å²) in [5.74, 6) is 0.666. The quantitative estimate of drug-likeness (QED) is 0.508. The summed E-state index contributed by atoms with van der Waals surface area (Å²) >= 11 is 0. The lowest BCUT2D eigenvalue weighted by atomic mass is 9.87. The molecular weight excluding hydrogens is 430 g/mol. The van der Waals surface area contributed by atoms with Crippen LogP contribution in [0, 0.1) is 5.92 Å². The number of rotatable bonds is 8. The Balaban J connectivity index is 1.56.